The van der Waals surface area contributed by atoms with E-state index in [4.69, 9.17) is 24.5 Å². The fourth-order valence-corrected chi connectivity index (χ4v) is 1.89. The number of para-hydroxylation sites is 1. The Morgan fingerprint density at radius 2 is 1.92 bits per heavy atom. The average Bonchev–Trinajstić information content (AvgIpc) is 2.53. The molecule has 0 spiro atoms. The number of carbonyl (C=O) groups is 2. The molecule has 134 valence electrons. The predicted molar refractivity (Wildman–Crippen MR) is 93.6 cm³/mol. The van der Waals surface area contributed by atoms with Gasteiger partial charge in [-0.25, -0.2) is 9.59 Å². The van der Waals surface area contributed by atoms with E-state index in [-0.39, 0.29) is 0 Å². The normalized spacial score (nSPS) is 9.58. The molecule has 0 saturated heterocycles. The summed E-state index contributed by atoms with van der Waals surface area (Å²) in [6.45, 7) is 10.8. The quantitative estimate of drug-likeness (QED) is 0.364. The van der Waals surface area contributed by atoms with Crippen LogP contribution in [-0.4, -0.2) is 41.8 Å². The number of aliphatic carboxylic acids is 2. The summed E-state index contributed by atoms with van der Waals surface area (Å²) in [7, 11) is 0. The molecule has 24 heavy (non-hydrogen) atoms. The lowest BCUT2D eigenvalue weighted by molar-refractivity contribution is -0.159. The van der Waals surface area contributed by atoms with Crippen LogP contribution in [0.5, 0.6) is 5.75 Å². The van der Waals surface area contributed by atoms with Crippen LogP contribution < -0.4 is 10.1 Å². The van der Waals surface area contributed by atoms with Gasteiger partial charge < -0.3 is 20.3 Å². The second kappa shape index (κ2) is 13.1. The molecule has 0 aliphatic carbocycles. The van der Waals surface area contributed by atoms with Crippen LogP contribution in [0.4, 0.5) is 0 Å². The Kier molecular flexibility index (Phi) is 11.9. The maximum absolute atomic E-state index is 9.10. The molecular formula is C18H27NO5. The molecule has 0 saturated carbocycles. The third-order valence-electron chi connectivity index (χ3n) is 3.07. The molecule has 0 unspecified atom stereocenters. The lowest BCUT2D eigenvalue weighted by Gasteiger charge is -2.13. The predicted octanol–water partition coefficient (Wildman–Crippen LogP) is 2.65. The van der Waals surface area contributed by atoms with Gasteiger partial charge in [-0.15, -0.1) is 6.58 Å². The Bertz CT molecular complexity index is 516. The van der Waals surface area contributed by atoms with Gasteiger partial charge in [0.05, 0.1) is 0 Å². The first-order valence-corrected chi connectivity index (χ1v) is 7.93. The first-order chi connectivity index (χ1) is 11.4. The molecule has 3 N–H and O–H groups in total. The Morgan fingerprint density at radius 1 is 1.25 bits per heavy atom. The van der Waals surface area contributed by atoms with Crippen molar-refractivity contribution in [1.29, 1.82) is 0 Å². The molecule has 0 heterocycles. The van der Waals surface area contributed by atoms with E-state index in [1.165, 1.54) is 24.0 Å². The van der Waals surface area contributed by atoms with E-state index in [2.05, 4.69) is 43.9 Å². The summed E-state index contributed by atoms with van der Waals surface area (Å²) in [6.07, 6.45) is 5.24. The fraction of sp³-hybridized carbons (Fsp3) is 0.444. The number of allylic oxidation sites excluding steroid dienone is 1. The van der Waals surface area contributed by atoms with Gasteiger partial charge in [-0.3, -0.25) is 0 Å². The van der Waals surface area contributed by atoms with Crippen molar-refractivity contribution >= 4 is 11.9 Å². The molecule has 0 atom stereocenters. The van der Waals surface area contributed by atoms with Gasteiger partial charge >= 0.3 is 11.9 Å². The fourth-order valence-electron chi connectivity index (χ4n) is 1.89. The van der Waals surface area contributed by atoms with Crippen molar-refractivity contribution in [2.45, 2.75) is 33.1 Å². The first-order valence-electron chi connectivity index (χ1n) is 7.93. The van der Waals surface area contributed by atoms with E-state index in [0.29, 0.717) is 0 Å². The van der Waals surface area contributed by atoms with Crippen LogP contribution in [0.1, 0.15) is 30.9 Å². The van der Waals surface area contributed by atoms with Crippen molar-refractivity contribution < 1.29 is 24.5 Å². The molecule has 0 aliphatic rings. The molecule has 0 aliphatic heterocycles. The van der Waals surface area contributed by atoms with E-state index < -0.39 is 11.9 Å². The van der Waals surface area contributed by atoms with Crippen LogP contribution >= 0.6 is 0 Å². The number of carboxylic acid groups (broad SMARTS) is 2. The minimum absolute atomic E-state index is 0.721. The van der Waals surface area contributed by atoms with Crippen molar-refractivity contribution in [3.8, 4) is 5.75 Å². The lowest BCUT2D eigenvalue weighted by atomic mass is 10.1. The highest BCUT2D eigenvalue weighted by atomic mass is 16.5. The lowest BCUT2D eigenvalue weighted by Crippen LogP contribution is -2.22. The summed E-state index contributed by atoms with van der Waals surface area (Å²) < 4.78 is 5.89. The van der Waals surface area contributed by atoms with Gasteiger partial charge in [0.15, 0.2) is 0 Å². The smallest absolute Gasteiger partial charge is 0.414 e. The van der Waals surface area contributed by atoms with E-state index >= 15 is 0 Å². The number of hydrogen-bond acceptors (Lipinski definition) is 4. The third kappa shape index (κ3) is 9.63. The van der Waals surface area contributed by atoms with Crippen molar-refractivity contribution in [2.24, 2.45) is 0 Å². The second-order valence-corrected chi connectivity index (χ2v) is 5.12. The van der Waals surface area contributed by atoms with Crippen LogP contribution in [0, 0.1) is 6.92 Å². The largest absolute Gasteiger partial charge is 0.492 e. The van der Waals surface area contributed by atoms with Gasteiger partial charge in [0.2, 0.25) is 0 Å². The summed E-state index contributed by atoms with van der Waals surface area (Å²) in [5.41, 5.74) is 2.42. The van der Waals surface area contributed by atoms with Crippen LogP contribution in [0.3, 0.4) is 0 Å². The number of rotatable bonds is 9. The monoisotopic (exact) mass is 337 g/mol. The zero-order valence-electron chi connectivity index (χ0n) is 14.4. The zero-order chi connectivity index (χ0) is 18.4. The Balaban J connectivity index is 0.000000754. The SMILES string of the molecule is C=CCc1cccc(C)c1OCCNCCCC.O=C(O)C(=O)O. The molecular weight excluding hydrogens is 310 g/mol. The second-order valence-electron chi connectivity index (χ2n) is 5.12. The van der Waals surface area contributed by atoms with Crippen LogP contribution in [0.15, 0.2) is 30.9 Å². The van der Waals surface area contributed by atoms with Crippen molar-refractivity contribution in [2.75, 3.05) is 19.7 Å². The van der Waals surface area contributed by atoms with Crippen LogP contribution in [-0.2, 0) is 16.0 Å². The number of nitrogens with one attached hydrogen (secondary N) is 1. The summed E-state index contributed by atoms with van der Waals surface area (Å²) in [5.74, 6) is -2.63. The van der Waals surface area contributed by atoms with E-state index in [1.54, 1.807) is 0 Å². The van der Waals surface area contributed by atoms with Crippen molar-refractivity contribution in [1.82, 2.24) is 5.32 Å². The van der Waals surface area contributed by atoms with Gasteiger partial charge in [0.1, 0.15) is 12.4 Å². The number of hydrogen-bond donors (Lipinski definition) is 3. The van der Waals surface area contributed by atoms with Gasteiger partial charge in [0, 0.05) is 6.54 Å². The first kappa shape index (κ1) is 21.7. The molecule has 0 bridgehead atoms. The Morgan fingerprint density at radius 3 is 2.46 bits per heavy atom. The standard InChI is InChI=1S/C16H25NO.C2H2O4/c1-4-6-11-17-12-13-18-16-14(3)9-7-10-15(16)8-5-2;3-1(4)2(5)6/h5,7,9-10,17H,2,4,6,8,11-13H2,1,3H3;(H,3,4)(H,5,6). The summed E-state index contributed by atoms with van der Waals surface area (Å²) in [6, 6.07) is 6.27. The summed E-state index contributed by atoms with van der Waals surface area (Å²) in [5, 5.41) is 18.2. The van der Waals surface area contributed by atoms with Gasteiger partial charge in [-0.2, -0.15) is 0 Å². The highest BCUT2D eigenvalue weighted by molar-refractivity contribution is 6.27. The summed E-state index contributed by atoms with van der Waals surface area (Å²) >= 11 is 0. The topological polar surface area (TPSA) is 95.9 Å². The highest BCUT2D eigenvalue weighted by Gasteiger charge is 2.05. The molecule has 1 rings (SSSR count). The zero-order valence-corrected chi connectivity index (χ0v) is 14.4. The van der Waals surface area contributed by atoms with Crippen LogP contribution in [0.25, 0.3) is 0 Å². The van der Waals surface area contributed by atoms with Crippen molar-refractivity contribution in [3.05, 3.63) is 42.0 Å². The maximum atomic E-state index is 9.10. The molecule has 6 nitrogen and oxygen atoms in total. The molecule has 0 amide bonds. The average molecular weight is 337 g/mol. The number of ether oxygens (including phenoxy) is 1. The molecule has 0 aromatic heterocycles. The third-order valence-corrected chi connectivity index (χ3v) is 3.07. The van der Waals surface area contributed by atoms with E-state index in [0.717, 1.165) is 31.9 Å². The number of carboxylic acids is 2. The van der Waals surface area contributed by atoms with Gasteiger partial charge in [-0.1, -0.05) is 37.6 Å². The number of aryl methyl sites for hydroxylation is 1. The van der Waals surface area contributed by atoms with E-state index in [9.17, 15) is 0 Å². The van der Waals surface area contributed by atoms with Gasteiger partial charge in [-0.05, 0) is 37.4 Å². The number of benzene rings is 1. The molecule has 0 radical (unpaired) electrons. The minimum atomic E-state index is -1.82. The Labute approximate surface area is 143 Å². The van der Waals surface area contributed by atoms with Crippen LogP contribution in [0.2, 0.25) is 0 Å². The summed E-state index contributed by atoms with van der Waals surface area (Å²) in [4.78, 5) is 18.2. The molecule has 1 aromatic carbocycles. The highest BCUT2D eigenvalue weighted by Crippen LogP contribution is 2.23. The molecule has 0 fully saturated rings. The number of unbranched alkanes of at least 4 members (excludes halogenated alkanes) is 1. The molecule has 6 heteroatoms. The van der Waals surface area contributed by atoms with Gasteiger partial charge in [0.25, 0.3) is 0 Å². The molecule has 1 aromatic rings. The Hall–Kier alpha value is -2.34. The van der Waals surface area contributed by atoms with Crippen molar-refractivity contribution in [3.63, 3.8) is 0 Å². The minimum Gasteiger partial charge on any atom is -0.492 e. The maximum Gasteiger partial charge on any atom is 0.414 e. The van der Waals surface area contributed by atoms with E-state index in [1.807, 2.05) is 6.08 Å².